The molecule has 1 saturated heterocycles. The minimum Gasteiger partial charge on any atom is -0.490 e. The molecule has 0 aliphatic carbocycles. The average molecular weight is 361 g/mol. The van der Waals surface area contributed by atoms with E-state index in [1.165, 1.54) is 5.56 Å². The Bertz CT molecular complexity index is 861. The lowest BCUT2D eigenvalue weighted by molar-refractivity contribution is 0.0967. The number of piperidine rings is 1. The Kier molecular flexibility index (Phi) is 5.25. The van der Waals surface area contributed by atoms with Gasteiger partial charge in [0.2, 0.25) is 0 Å². The van der Waals surface area contributed by atoms with Crippen molar-refractivity contribution in [3.63, 3.8) is 0 Å². The molecule has 3 heterocycles. The number of nitrogen functional groups attached to an aromatic ring is 1. The summed E-state index contributed by atoms with van der Waals surface area (Å²) in [4.78, 5) is 15.0. The van der Waals surface area contributed by atoms with Gasteiger partial charge in [-0.05, 0) is 36.6 Å². The van der Waals surface area contributed by atoms with E-state index in [4.69, 9.17) is 10.5 Å². The summed E-state index contributed by atoms with van der Waals surface area (Å²) in [6.07, 6.45) is 7.58. The molecular formula is C21H23N5O. The smallest absolute Gasteiger partial charge is 0.161 e. The van der Waals surface area contributed by atoms with Crippen molar-refractivity contribution in [1.82, 2.24) is 19.9 Å². The maximum atomic E-state index is 6.04. The number of aromatic nitrogens is 3. The quantitative estimate of drug-likeness (QED) is 0.752. The van der Waals surface area contributed by atoms with Crippen molar-refractivity contribution in [1.29, 1.82) is 0 Å². The van der Waals surface area contributed by atoms with Gasteiger partial charge in [-0.15, -0.1) is 0 Å². The summed E-state index contributed by atoms with van der Waals surface area (Å²) in [6.45, 7) is 3.02. The van der Waals surface area contributed by atoms with E-state index in [9.17, 15) is 0 Å². The first kappa shape index (κ1) is 17.4. The van der Waals surface area contributed by atoms with Crippen molar-refractivity contribution in [3.8, 4) is 17.1 Å². The van der Waals surface area contributed by atoms with Crippen molar-refractivity contribution < 1.29 is 4.74 Å². The maximum Gasteiger partial charge on any atom is 0.161 e. The molecule has 0 amide bonds. The molecule has 6 nitrogen and oxygen atoms in total. The summed E-state index contributed by atoms with van der Waals surface area (Å²) in [5.41, 5.74) is 8.01. The van der Waals surface area contributed by atoms with Crippen molar-refractivity contribution in [2.75, 3.05) is 18.8 Å². The Balaban J connectivity index is 1.30. The lowest BCUT2D eigenvalue weighted by Gasteiger charge is -2.32. The van der Waals surface area contributed by atoms with E-state index in [1.54, 1.807) is 24.7 Å². The third kappa shape index (κ3) is 4.60. The molecule has 4 rings (SSSR count). The Hall–Kier alpha value is -2.99. The van der Waals surface area contributed by atoms with E-state index in [0.717, 1.165) is 43.8 Å². The van der Waals surface area contributed by atoms with E-state index >= 15 is 0 Å². The molecule has 1 aliphatic heterocycles. The van der Waals surface area contributed by atoms with Crippen LogP contribution in [0.5, 0.6) is 5.75 Å². The predicted octanol–water partition coefficient (Wildman–Crippen LogP) is 3.16. The minimum absolute atomic E-state index is 0.284. The number of likely N-dealkylation sites (tertiary alicyclic amines) is 1. The molecule has 27 heavy (non-hydrogen) atoms. The third-order valence-electron chi connectivity index (χ3n) is 4.78. The van der Waals surface area contributed by atoms with Gasteiger partial charge in [0.25, 0.3) is 0 Å². The van der Waals surface area contributed by atoms with Gasteiger partial charge in [0.05, 0.1) is 0 Å². The van der Waals surface area contributed by atoms with Gasteiger partial charge in [-0.1, -0.05) is 24.3 Å². The summed E-state index contributed by atoms with van der Waals surface area (Å²) in [5, 5.41) is 0. The first-order chi connectivity index (χ1) is 13.3. The maximum absolute atomic E-state index is 6.04. The van der Waals surface area contributed by atoms with Gasteiger partial charge in [0.15, 0.2) is 5.82 Å². The van der Waals surface area contributed by atoms with Gasteiger partial charge in [-0.2, -0.15) is 0 Å². The highest BCUT2D eigenvalue weighted by atomic mass is 16.5. The molecule has 2 aromatic heterocycles. The first-order valence-electron chi connectivity index (χ1n) is 9.23. The standard InChI is InChI=1S/C21H23N5O/c22-20-7-12-24-21(25-20)17-3-1-16(2-4-17)15-26-13-8-19(9-14-26)27-18-5-10-23-11-6-18/h1-7,10-12,19H,8-9,13-15H2,(H2,22,24,25). The number of rotatable bonds is 5. The zero-order valence-corrected chi connectivity index (χ0v) is 15.2. The largest absolute Gasteiger partial charge is 0.490 e. The summed E-state index contributed by atoms with van der Waals surface area (Å²) in [6, 6.07) is 13.9. The van der Waals surface area contributed by atoms with Crippen molar-refractivity contribution in [2.45, 2.75) is 25.5 Å². The molecule has 0 saturated carbocycles. The molecule has 0 atom stereocenters. The van der Waals surface area contributed by atoms with Gasteiger partial charge in [0, 0.05) is 43.8 Å². The van der Waals surface area contributed by atoms with Gasteiger partial charge >= 0.3 is 0 Å². The van der Waals surface area contributed by atoms with Gasteiger partial charge in [-0.25, -0.2) is 9.97 Å². The Labute approximate surface area is 159 Å². The van der Waals surface area contributed by atoms with Crippen LogP contribution in [-0.2, 0) is 6.54 Å². The number of hydrogen-bond donors (Lipinski definition) is 1. The van der Waals surface area contributed by atoms with Crippen LogP contribution in [0, 0.1) is 0 Å². The fourth-order valence-electron chi connectivity index (χ4n) is 3.32. The van der Waals surface area contributed by atoms with Crippen molar-refractivity contribution >= 4 is 5.82 Å². The number of pyridine rings is 1. The van der Waals surface area contributed by atoms with E-state index in [2.05, 4.69) is 44.1 Å². The van der Waals surface area contributed by atoms with Crippen LogP contribution in [0.4, 0.5) is 5.82 Å². The summed E-state index contributed by atoms with van der Waals surface area (Å²) < 4.78 is 6.04. The van der Waals surface area contributed by atoms with Gasteiger partial charge in [0.1, 0.15) is 17.7 Å². The number of benzene rings is 1. The third-order valence-corrected chi connectivity index (χ3v) is 4.78. The number of hydrogen-bond acceptors (Lipinski definition) is 6. The molecule has 0 spiro atoms. The Morgan fingerprint density at radius 2 is 1.70 bits per heavy atom. The second-order valence-electron chi connectivity index (χ2n) is 6.78. The fraction of sp³-hybridized carbons (Fsp3) is 0.286. The molecule has 0 bridgehead atoms. The Morgan fingerprint density at radius 3 is 2.41 bits per heavy atom. The molecular weight excluding hydrogens is 338 g/mol. The van der Waals surface area contributed by atoms with Crippen molar-refractivity contribution in [3.05, 3.63) is 66.6 Å². The molecule has 1 fully saturated rings. The van der Waals surface area contributed by atoms with Crippen LogP contribution < -0.4 is 10.5 Å². The summed E-state index contributed by atoms with van der Waals surface area (Å²) in [5.74, 6) is 2.05. The zero-order chi connectivity index (χ0) is 18.5. The lowest BCUT2D eigenvalue weighted by Crippen LogP contribution is -2.37. The number of anilines is 1. The second-order valence-corrected chi connectivity index (χ2v) is 6.78. The van der Waals surface area contributed by atoms with E-state index in [0.29, 0.717) is 11.6 Å². The van der Waals surface area contributed by atoms with Crippen LogP contribution in [0.2, 0.25) is 0 Å². The van der Waals surface area contributed by atoms with Crippen LogP contribution in [0.25, 0.3) is 11.4 Å². The average Bonchev–Trinajstić information content (AvgIpc) is 2.71. The van der Waals surface area contributed by atoms with Crippen LogP contribution in [-0.4, -0.2) is 39.0 Å². The highest BCUT2D eigenvalue weighted by Crippen LogP contribution is 2.21. The van der Waals surface area contributed by atoms with Crippen LogP contribution in [0.15, 0.2) is 61.1 Å². The summed E-state index contributed by atoms with van der Waals surface area (Å²) in [7, 11) is 0. The van der Waals surface area contributed by atoms with E-state index in [-0.39, 0.29) is 6.10 Å². The number of nitrogens with two attached hydrogens (primary N) is 1. The topological polar surface area (TPSA) is 77.2 Å². The fourth-order valence-corrected chi connectivity index (χ4v) is 3.32. The highest BCUT2D eigenvalue weighted by molar-refractivity contribution is 5.56. The molecule has 2 N–H and O–H groups in total. The van der Waals surface area contributed by atoms with E-state index < -0.39 is 0 Å². The van der Waals surface area contributed by atoms with Gasteiger partial charge in [-0.3, -0.25) is 9.88 Å². The normalized spacial score (nSPS) is 15.6. The first-order valence-corrected chi connectivity index (χ1v) is 9.23. The van der Waals surface area contributed by atoms with Crippen LogP contribution in [0.1, 0.15) is 18.4 Å². The Morgan fingerprint density at radius 1 is 0.963 bits per heavy atom. The molecule has 138 valence electrons. The minimum atomic E-state index is 0.284. The zero-order valence-electron chi connectivity index (χ0n) is 15.2. The lowest BCUT2D eigenvalue weighted by atomic mass is 10.1. The number of nitrogens with zero attached hydrogens (tertiary/aromatic N) is 4. The molecule has 1 aliphatic rings. The van der Waals surface area contributed by atoms with Crippen molar-refractivity contribution in [2.24, 2.45) is 0 Å². The molecule has 0 unspecified atom stereocenters. The molecule has 1 aromatic carbocycles. The van der Waals surface area contributed by atoms with Crippen LogP contribution >= 0.6 is 0 Å². The SMILES string of the molecule is Nc1ccnc(-c2ccc(CN3CCC(Oc4ccncc4)CC3)cc2)n1. The molecule has 6 heteroatoms. The summed E-state index contributed by atoms with van der Waals surface area (Å²) >= 11 is 0. The molecule has 3 aromatic rings. The highest BCUT2D eigenvalue weighted by Gasteiger charge is 2.20. The number of ether oxygens (including phenoxy) is 1. The van der Waals surface area contributed by atoms with E-state index in [1.807, 2.05) is 12.1 Å². The van der Waals surface area contributed by atoms with Crippen LogP contribution in [0.3, 0.4) is 0 Å². The second kappa shape index (κ2) is 8.14. The molecule has 0 radical (unpaired) electrons. The predicted molar refractivity (Wildman–Crippen MR) is 105 cm³/mol. The monoisotopic (exact) mass is 361 g/mol. The van der Waals surface area contributed by atoms with Gasteiger partial charge < -0.3 is 10.5 Å².